The van der Waals surface area contributed by atoms with Crippen LogP contribution in [0.1, 0.15) is 24.5 Å². The van der Waals surface area contributed by atoms with Gasteiger partial charge < -0.3 is 18.8 Å². The molecule has 0 aromatic carbocycles. The molecule has 122 valence electrons. The molecule has 3 heterocycles. The van der Waals surface area contributed by atoms with E-state index in [0.717, 1.165) is 11.5 Å². The van der Waals surface area contributed by atoms with Crippen LogP contribution in [0.25, 0.3) is 0 Å². The van der Waals surface area contributed by atoms with Crippen LogP contribution in [0.2, 0.25) is 0 Å². The zero-order valence-corrected chi connectivity index (χ0v) is 13.3. The molecule has 0 saturated heterocycles. The number of carbonyl (C=O) groups excluding carboxylic acids is 1. The molecule has 23 heavy (non-hydrogen) atoms. The van der Waals surface area contributed by atoms with Gasteiger partial charge >= 0.3 is 0 Å². The quantitative estimate of drug-likeness (QED) is 0.836. The smallest absolute Gasteiger partial charge is 0.250 e. The Balaban J connectivity index is 1.78. The van der Waals surface area contributed by atoms with E-state index in [2.05, 4.69) is 9.55 Å². The number of hydrogen-bond donors (Lipinski definition) is 0. The summed E-state index contributed by atoms with van der Waals surface area (Å²) in [6, 6.07) is 4.75. The third-order valence-electron chi connectivity index (χ3n) is 4.19. The molecule has 0 aliphatic carbocycles. The number of aromatic nitrogens is 3. The first-order valence-electron chi connectivity index (χ1n) is 7.60. The van der Waals surface area contributed by atoms with E-state index in [1.807, 2.05) is 6.92 Å². The molecule has 2 aromatic heterocycles. The van der Waals surface area contributed by atoms with E-state index in [9.17, 15) is 9.59 Å². The SMILES string of the molecule is COCc1cnc2n1CCN(C(=O)Cn1ccccc1=O)C2C. The highest BCUT2D eigenvalue weighted by atomic mass is 16.5. The number of fused-ring (bicyclic) bond motifs is 1. The van der Waals surface area contributed by atoms with Crippen molar-refractivity contribution in [3.63, 3.8) is 0 Å². The standard InChI is InChI=1S/C16H20N4O3/c1-12-16-17-9-13(11-23-2)20(16)8-7-19(12)15(22)10-18-6-4-3-5-14(18)21/h3-6,9,12H,7-8,10-11H2,1-2H3. The molecule has 0 N–H and O–H groups in total. The molecule has 0 fully saturated rings. The lowest BCUT2D eigenvalue weighted by molar-refractivity contribution is -0.135. The Labute approximate surface area is 134 Å². The molecule has 0 spiro atoms. The average molecular weight is 316 g/mol. The summed E-state index contributed by atoms with van der Waals surface area (Å²) in [5.74, 6) is 0.783. The van der Waals surface area contributed by atoms with Crippen LogP contribution in [0.3, 0.4) is 0 Å². The minimum absolute atomic E-state index is 0.0512. The molecule has 1 aliphatic heterocycles. The van der Waals surface area contributed by atoms with Gasteiger partial charge in [-0.3, -0.25) is 9.59 Å². The predicted octanol–water partition coefficient (Wildman–Crippen LogP) is 0.795. The zero-order valence-electron chi connectivity index (χ0n) is 13.3. The van der Waals surface area contributed by atoms with E-state index >= 15 is 0 Å². The van der Waals surface area contributed by atoms with Gasteiger partial charge in [0.1, 0.15) is 12.4 Å². The highest BCUT2D eigenvalue weighted by molar-refractivity contribution is 5.76. The molecule has 1 aliphatic rings. The molecule has 7 nitrogen and oxygen atoms in total. The normalized spacial score (nSPS) is 17.1. The van der Waals surface area contributed by atoms with Crippen LogP contribution >= 0.6 is 0 Å². The van der Waals surface area contributed by atoms with E-state index < -0.39 is 0 Å². The summed E-state index contributed by atoms with van der Waals surface area (Å²) in [6.45, 7) is 3.80. The highest BCUT2D eigenvalue weighted by Crippen LogP contribution is 2.25. The fourth-order valence-corrected chi connectivity index (χ4v) is 2.99. The first kappa shape index (κ1) is 15.5. The van der Waals surface area contributed by atoms with E-state index in [-0.39, 0.29) is 24.1 Å². The number of amides is 1. The van der Waals surface area contributed by atoms with E-state index in [4.69, 9.17) is 4.74 Å². The number of nitrogens with zero attached hydrogens (tertiary/aromatic N) is 4. The second-order valence-corrected chi connectivity index (χ2v) is 5.62. The zero-order chi connectivity index (χ0) is 16.4. The van der Waals surface area contributed by atoms with Gasteiger partial charge in [0.05, 0.1) is 24.5 Å². The van der Waals surface area contributed by atoms with Crippen molar-refractivity contribution in [2.75, 3.05) is 13.7 Å². The predicted molar refractivity (Wildman–Crippen MR) is 83.8 cm³/mol. The number of ether oxygens (including phenoxy) is 1. The van der Waals surface area contributed by atoms with Gasteiger partial charge in [0.25, 0.3) is 5.56 Å². The lowest BCUT2D eigenvalue weighted by Crippen LogP contribution is -2.43. The minimum atomic E-state index is -0.172. The third kappa shape index (κ3) is 2.92. The van der Waals surface area contributed by atoms with Crippen LogP contribution in [-0.2, 0) is 29.2 Å². The Kier molecular flexibility index (Phi) is 4.29. The largest absolute Gasteiger partial charge is 0.378 e. The van der Waals surface area contributed by atoms with Gasteiger partial charge in [0.2, 0.25) is 5.91 Å². The monoisotopic (exact) mass is 316 g/mol. The Bertz CT molecular complexity index is 765. The third-order valence-corrected chi connectivity index (χ3v) is 4.19. The van der Waals surface area contributed by atoms with Gasteiger partial charge in [0, 0.05) is 32.5 Å². The topological polar surface area (TPSA) is 69.4 Å². The lowest BCUT2D eigenvalue weighted by Gasteiger charge is -2.34. The summed E-state index contributed by atoms with van der Waals surface area (Å²) in [4.78, 5) is 30.5. The Morgan fingerprint density at radius 1 is 1.39 bits per heavy atom. The summed E-state index contributed by atoms with van der Waals surface area (Å²) in [6.07, 6.45) is 3.43. The van der Waals surface area contributed by atoms with Crippen molar-refractivity contribution >= 4 is 5.91 Å². The van der Waals surface area contributed by atoms with Gasteiger partial charge in [-0.1, -0.05) is 6.07 Å². The number of imidazole rings is 1. The van der Waals surface area contributed by atoms with Crippen LogP contribution in [0.4, 0.5) is 0 Å². The van der Waals surface area contributed by atoms with Crippen LogP contribution in [0.5, 0.6) is 0 Å². The van der Waals surface area contributed by atoms with E-state index in [1.165, 1.54) is 10.6 Å². The number of hydrogen-bond acceptors (Lipinski definition) is 4. The molecule has 7 heteroatoms. The van der Waals surface area contributed by atoms with Crippen molar-refractivity contribution in [3.05, 3.63) is 52.5 Å². The maximum absolute atomic E-state index is 12.6. The number of rotatable bonds is 4. The molecule has 1 atom stereocenters. The molecular weight excluding hydrogens is 296 g/mol. The Hall–Kier alpha value is -2.41. The summed E-state index contributed by atoms with van der Waals surface area (Å²) in [7, 11) is 1.65. The van der Waals surface area contributed by atoms with Gasteiger partial charge in [-0.05, 0) is 13.0 Å². The highest BCUT2D eigenvalue weighted by Gasteiger charge is 2.30. The summed E-state index contributed by atoms with van der Waals surface area (Å²) < 4.78 is 8.70. The number of carbonyl (C=O) groups is 1. The summed E-state index contributed by atoms with van der Waals surface area (Å²) in [5.41, 5.74) is 0.843. The molecule has 1 amide bonds. The molecule has 1 unspecified atom stereocenters. The molecule has 0 radical (unpaired) electrons. The Morgan fingerprint density at radius 3 is 2.96 bits per heavy atom. The first-order chi connectivity index (χ1) is 11.1. The van der Waals surface area contributed by atoms with Crippen molar-refractivity contribution < 1.29 is 9.53 Å². The number of methoxy groups -OCH3 is 1. The van der Waals surface area contributed by atoms with Gasteiger partial charge in [0.15, 0.2) is 0 Å². The van der Waals surface area contributed by atoms with Crippen LogP contribution in [0.15, 0.2) is 35.4 Å². The van der Waals surface area contributed by atoms with Crippen molar-refractivity contribution in [3.8, 4) is 0 Å². The number of pyridine rings is 1. The van der Waals surface area contributed by atoms with Crippen LogP contribution in [0, 0.1) is 0 Å². The Morgan fingerprint density at radius 2 is 2.22 bits per heavy atom. The van der Waals surface area contributed by atoms with Crippen molar-refractivity contribution in [2.24, 2.45) is 0 Å². The molecular formula is C16H20N4O3. The summed E-state index contributed by atoms with van der Waals surface area (Å²) >= 11 is 0. The van der Waals surface area contributed by atoms with E-state index in [0.29, 0.717) is 19.7 Å². The second-order valence-electron chi connectivity index (χ2n) is 5.62. The maximum Gasteiger partial charge on any atom is 0.250 e. The van der Waals surface area contributed by atoms with Crippen molar-refractivity contribution in [1.82, 2.24) is 19.0 Å². The molecule has 0 saturated carbocycles. The summed E-state index contributed by atoms with van der Waals surface area (Å²) in [5, 5.41) is 0. The molecule has 3 rings (SSSR count). The van der Waals surface area contributed by atoms with Crippen LogP contribution in [-0.4, -0.2) is 38.6 Å². The van der Waals surface area contributed by atoms with Gasteiger partial charge in [-0.2, -0.15) is 0 Å². The minimum Gasteiger partial charge on any atom is -0.378 e. The van der Waals surface area contributed by atoms with Crippen LogP contribution < -0.4 is 5.56 Å². The molecule has 2 aromatic rings. The maximum atomic E-state index is 12.6. The van der Waals surface area contributed by atoms with Crippen molar-refractivity contribution in [1.29, 1.82) is 0 Å². The first-order valence-corrected chi connectivity index (χ1v) is 7.60. The molecule has 0 bridgehead atoms. The van der Waals surface area contributed by atoms with Crippen molar-refractivity contribution in [2.45, 2.75) is 32.7 Å². The fourth-order valence-electron chi connectivity index (χ4n) is 2.99. The average Bonchev–Trinajstić information content (AvgIpc) is 2.94. The van der Waals surface area contributed by atoms with Gasteiger partial charge in [-0.15, -0.1) is 0 Å². The fraction of sp³-hybridized carbons (Fsp3) is 0.438. The van der Waals surface area contributed by atoms with Gasteiger partial charge in [-0.25, -0.2) is 4.98 Å². The second kappa shape index (κ2) is 6.37. The lowest BCUT2D eigenvalue weighted by atomic mass is 10.2. The van der Waals surface area contributed by atoms with E-state index in [1.54, 1.807) is 36.5 Å².